The lowest BCUT2D eigenvalue weighted by molar-refractivity contribution is 0.0925. The second-order valence-corrected chi connectivity index (χ2v) is 7.60. The van der Waals surface area contributed by atoms with Crippen molar-refractivity contribution in [3.63, 3.8) is 0 Å². The van der Waals surface area contributed by atoms with Crippen molar-refractivity contribution in [2.24, 2.45) is 10.9 Å². The van der Waals surface area contributed by atoms with Crippen LogP contribution in [0.1, 0.15) is 50.3 Å². The number of aliphatic imine (C=N–C) groups is 1. The van der Waals surface area contributed by atoms with Gasteiger partial charge in [-0.05, 0) is 31.4 Å². The molecule has 28 heavy (non-hydrogen) atoms. The molecule has 4 nitrogen and oxygen atoms in total. The lowest BCUT2D eigenvalue weighted by atomic mass is 9.94. The van der Waals surface area contributed by atoms with Gasteiger partial charge in [0.25, 0.3) is 0 Å². The van der Waals surface area contributed by atoms with Gasteiger partial charge in [0.1, 0.15) is 0 Å². The van der Waals surface area contributed by atoms with Crippen molar-refractivity contribution in [3.8, 4) is 0 Å². The van der Waals surface area contributed by atoms with Crippen molar-refractivity contribution in [3.05, 3.63) is 71.8 Å². The standard InChI is InChI=1S/C24H33N3O/c1-4-25-24(27-19(3)18(2)20-11-7-5-8-12-20)26-17-22-15-16-28-23(22)21-13-9-6-10-14-21/h5-14,18-19,22-23H,4,15-17H2,1-3H3,(H2,25,26,27). The average molecular weight is 380 g/mol. The SMILES string of the molecule is CCNC(=NCC1CCOC1c1ccccc1)NC(C)C(C)c1ccccc1. The summed E-state index contributed by atoms with van der Waals surface area (Å²) in [4.78, 5) is 4.90. The van der Waals surface area contributed by atoms with Crippen molar-refractivity contribution in [1.29, 1.82) is 0 Å². The number of hydrogen-bond donors (Lipinski definition) is 2. The Balaban J connectivity index is 1.63. The first-order chi connectivity index (χ1) is 13.7. The molecular weight excluding hydrogens is 346 g/mol. The Hall–Kier alpha value is -2.33. The molecule has 0 amide bonds. The highest BCUT2D eigenvalue weighted by molar-refractivity contribution is 5.80. The van der Waals surface area contributed by atoms with Gasteiger partial charge in [0, 0.05) is 37.6 Å². The first-order valence-electron chi connectivity index (χ1n) is 10.5. The minimum Gasteiger partial charge on any atom is -0.373 e. The molecule has 1 fully saturated rings. The van der Waals surface area contributed by atoms with Crippen molar-refractivity contribution in [2.45, 2.75) is 45.3 Å². The number of hydrogen-bond acceptors (Lipinski definition) is 2. The minimum absolute atomic E-state index is 0.147. The zero-order chi connectivity index (χ0) is 19.8. The fraction of sp³-hybridized carbons (Fsp3) is 0.458. The fourth-order valence-corrected chi connectivity index (χ4v) is 3.75. The largest absolute Gasteiger partial charge is 0.373 e. The van der Waals surface area contributed by atoms with Crippen molar-refractivity contribution < 1.29 is 4.74 Å². The highest BCUT2D eigenvalue weighted by atomic mass is 16.5. The van der Waals surface area contributed by atoms with Gasteiger partial charge in [-0.2, -0.15) is 0 Å². The average Bonchev–Trinajstić information content (AvgIpc) is 3.21. The van der Waals surface area contributed by atoms with E-state index >= 15 is 0 Å². The maximum absolute atomic E-state index is 6.01. The molecule has 4 unspecified atom stereocenters. The van der Waals surface area contributed by atoms with Crippen LogP contribution in [-0.4, -0.2) is 31.7 Å². The van der Waals surface area contributed by atoms with E-state index in [0.717, 1.165) is 32.1 Å². The first kappa shape index (κ1) is 20.4. The highest BCUT2D eigenvalue weighted by Crippen LogP contribution is 2.34. The quantitative estimate of drug-likeness (QED) is 0.549. The van der Waals surface area contributed by atoms with Crippen LogP contribution in [-0.2, 0) is 4.74 Å². The Morgan fingerprint density at radius 2 is 1.75 bits per heavy atom. The van der Waals surface area contributed by atoms with Gasteiger partial charge in [-0.3, -0.25) is 4.99 Å². The van der Waals surface area contributed by atoms with Gasteiger partial charge in [0.05, 0.1) is 6.10 Å². The Morgan fingerprint density at radius 1 is 1.07 bits per heavy atom. The van der Waals surface area contributed by atoms with E-state index in [1.165, 1.54) is 11.1 Å². The van der Waals surface area contributed by atoms with Gasteiger partial charge in [-0.15, -0.1) is 0 Å². The van der Waals surface area contributed by atoms with Gasteiger partial charge in [0.15, 0.2) is 5.96 Å². The molecular formula is C24H33N3O. The van der Waals surface area contributed by atoms with Crippen molar-refractivity contribution in [2.75, 3.05) is 19.7 Å². The molecule has 0 aliphatic carbocycles. The van der Waals surface area contributed by atoms with Crippen LogP contribution >= 0.6 is 0 Å². The van der Waals surface area contributed by atoms with E-state index in [1.807, 2.05) is 6.07 Å². The van der Waals surface area contributed by atoms with Gasteiger partial charge < -0.3 is 15.4 Å². The Morgan fingerprint density at radius 3 is 2.43 bits per heavy atom. The normalized spacial score (nSPS) is 21.9. The molecule has 1 aliphatic rings. The summed E-state index contributed by atoms with van der Waals surface area (Å²) in [5.41, 5.74) is 2.59. The van der Waals surface area contributed by atoms with Gasteiger partial charge in [-0.1, -0.05) is 67.6 Å². The molecule has 2 aromatic rings. The highest BCUT2D eigenvalue weighted by Gasteiger charge is 2.29. The fourth-order valence-electron chi connectivity index (χ4n) is 3.75. The summed E-state index contributed by atoms with van der Waals surface area (Å²) in [6, 6.07) is 21.4. The van der Waals surface area contributed by atoms with E-state index < -0.39 is 0 Å². The number of guanidine groups is 1. The number of ether oxygens (including phenoxy) is 1. The predicted octanol–water partition coefficient (Wildman–Crippen LogP) is 4.51. The second kappa shape index (κ2) is 10.3. The molecule has 0 aromatic heterocycles. The Bertz CT molecular complexity index is 732. The molecule has 1 aliphatic heterocycles. The summed E-state index contributed by atoms with van der Waals surface area (Å²) in [5, 5.41) is 6.99. The molecule has 4 atom stereocenters. The summed E-state index contributed by atoms with van der Waals surface area (Å²) in [6.45, 7) is 9.00. The van der Waals surface area contributed by atoms with Crippen molar-refractivity contribution >= 4 is 5.96 Å². The predicted molar refractivity (Wildman–Crippen MR) is 117 cm³/mol. The maximum Gasteiger partial charge on any atom is 0.191 e. The van der Waals surface area contributed by atoms with Gasteiger partial charge in [0.2, 0.25) is 0 Å². The van der Waals surface area contributed by atoms with Crippen molar-refractivity contribution in [1.82, 2.24) is 10.6 Å². The monoisotopic (exact) mass is 379 g/mol. The second-order valence-electron chi connectivity index (χ2n) is 7.60. The van der Waals surface area contributed by atoms with Crippen LogP contribution in [0.15, 0.2) is 65.7 Å². The summed E-state index contributed by atoms with van der Waals surface area (Å²) in [7, 11) is 0. The van der Waals surface area contributed by atoms with Gasteiger partial charge >= 0.3 is 0 Å². The lowest BCUT2D eigenvalue weighted by Crippen LogP contribution is -2.44. The maximum atomic E-state index is 6.01. The Labute approximate surface area is 169 Å². The zero-order valence-corrected chi connectivity index (χ0v) is 17.3. The third-order valence-electron chi connectivity index (χ3n) is 5.61. The van der Waals surface area contributed by atoms with Crippen LogP contribution in [0.3, 0.4) is 0 Å². The smallest absolute Gasteiger partial charge is 0.191 e. The molecule has 0 radical (unpaired) electrons. The van der Waals surface area contributed by atoms with E-state index in [4.69, 9.17) is 9.73 Å². The van der Waals surface area contributed by atoms with Crippen LogP contribution in [0.5, 0.6) is 0 Å². The van der Waals surface area contributed by atoms with Crippen LogP contribution in [0, 0.1) is 5.92 Å². The van der Waals surface area contributed by atoms with Crippen LogP contribution in [0.2, 0.25) is 0 Å². The molecule has 4 heteroatoms. The van der Waals surface area contributed by atoms with E-state index in [0.29, 0.717) is 11.8 Å². The third kappa shape index (κ3) is 5.35. The number of benzene rings is 2. The molecule has 1 saturated heterocycles. The van der Waals surface area contributed by atoms with Crippen LogP contribution in [0.25, 0.3) is 0 Å². The van der Waals surface area contributed by atoms with E-state index in [9.17, 15) is 0 Å². The van der Waals surface area contributed by atoms with E-state index in [2.05, 4.69) is 86.0 Å². The van der Waals surface area contributed by atoms with Crippen LogP contribution < -0.4 is 10.6 Å². The molecule has 1 heterocycles. The summed E-state index contributed by atoms with van der Waals surface area (Å²) < 4.78 is 6.01. The molecule has 0 bridgehead atoms. The molecule has 0 saturated carbocycles. The zero-order valence-electron chi connectivity index (χ0n) is 17.3. The Kier molecular flexibility index (Phi) is 7.49. The first-order valence-corrected chi connectivity index (χ1v) is 10.5. The van der Waals surface area contributed by atoms with Crippen LogP contribution in [0.4, 0.5) is 0 Å². The summed E-state index contributed by atoms with van der Waals surface area (Å²) in [5.74, 6) is 1.70. The number of rotatable bonds is 7. The molecule has 2 N–H and O–H groups in total. The molecule has 0 spiro atoms. The lowest BCUT2D eigenvalue weighted by Gasteiger charge is -2.24. The topological polar surface area (TPSA) is 45.7 Å². The number of nitrogens with one attached hydrogen (secondary N) is 2. The summed E-state index contributed by atoms with van der Waals surface area (Å²) in [6.07, 6.45) is 1.20. The molecule has 150 valence electrons. The van der Waals surface area contributed by atoms with Gasteiger partial charge in [-0.25, -0.2) is 0 Å². The molecule has 3 rings (SSSR count). The minimum atomic E-state index is 0.147. The number of nitrogens with zero attached hydrogens (tertiary/aromatic N) is 1. The van der Waals surface area contributed by atoms with E-state index in [-0.39, 0.29) is 12.1 Å². The molecule has 2 aromatic carbocycles. The van der Waals surface area contributed by atoms with E-state index in [1.54, 1.807) is 0 Å². The summed E-state index contributed by atoms with van der Waals surface area (Å²) >= 11 is 0. The third-order valence-corrected chi connectivity index (χ3v) is 5.61.